The summed E-state index contributed by atoms with van der Waals surface area (Å²) in [5.74, 6) is 0.0175. The summed E-state index contributed by atoms with van der Waals surface area (Å²) in [5, 5.41) is 0. The molecular weight excluding hydrogens is 321 g/mol. The minimum absolute atomic E-state index is 0.0175. The molecule has 1 aromatic rings. The zero-order valence-corrected chi connectivity index (χ0v) is 10.8. The fourth-order valence-electron chi connectivity index (χ4n) is 0.936. The third-order valence-corrected chi connectivity index (χ3v) is 4.43. The first-order chi connectivity index (χ1) is 5.88. The monoisotopic (exact) mass is 331 g/mol. The highest BCUT2D eigenvalue weighted by Gasteiger charge is 2.14. The zero-order valence-electron chi connectivity index (χ0n) is 7.03. The van der Waals surface area contributed by atoms with E-state index in [1.54, 1.807) is 0 Å². The van der Waals surface area contributed by atoms with Crippen LogP contribution in [-0.2, 0) is 9.84 Å². The quantitative estimate of drug-likeness (QED) is 0.852. The maximum atomic E-state index is 10.9. The minimum Gasteiger partial charge on any atom is -0.322 e. The highest BCUT2D eigenvalue weighted by atomic mass is 127. The van der Waals surface area contributed by atoms with E-state index in [2.05, 4.69) is 22.6 Å². The molecule has 2 N–H and O–H groups in total. The second-order valence-electron chi connectivity index (χ2n) is 2.84. The van der Waals surface area contributed by atoms with Crippen LogP contribution in [0, 0.1) is 2.88 Å². The number of halogens is 1. The predicted molar refractivity (Wildman–Crippen MR) is 63.7 cm³/mol. The van der Waals surface area contributed by atoms with Crippen LogP contribution in [0.3, 0.4) is 0 Å². The lowest BCUT2D eigenvalue weighted by molar-refractivity contribution is 0.595. The van der Waals surface area contributed by atoms with Gasteiger partial charge in [-0.2, -0.15) is 0 Å². The van der Waals surface area contributed by atoms with Crippen LogP contribution >= 0.6 is 33.9 Å². The molecule has 0 aromatic carbocycles. The average Bonchev–Trinajstić information content (AvgIpc) is 2.31. The van der Waals surface area contributed by atoms with E-state index in [0.29, 0.717) is 0 Å². The van der Waals surface area contributed by atoms with Crippen molar-refractivity contribution in [3.05, 3.63) is 19.9 Å². The van der Waals surface area contributed by atoms with Crippen molar-refractivity contribution in [3.63, 3.8) is 0 Å². The van der Waals surface area contributed by atoms with E-state index in [0.717, 1.165) is 7.76 Å². The average molecular weight is 331 g/mol. The summed E-state index contributed by atoms with van der Waals surface area (Å²) in [4.78, 5) is 0.926. The van der Waals surface area contributed by atoms with Crippen LogP contribution in [-0.4, -0.2) is 20.4 Å². The molecule has 1 heterocycles. The van der Waals surface area contributed by atoms with Crippen molar-refractivity contribution < 1.29 is 8.42 Å². The molecule has 1 aromatic heterocycles. The van der Waals surface area contributed by atoms with Gasteiger partial charge in [0.05, 0.1) is 14.7 Å². The highest BCUT2D eigenvalue weighted by molar-refractivity contribution is 14.1. The van der Waals surface area contributed by atoms with Crippen LogP contribution < -0.4 is 5.73 Å². The maximum Gasteiger partial charge on any atom is 0.149 e. The van der Waals surface area contributed by atoms with E-state index in [1.165, 1.54) is 17.6 Å². The Morgan fingerprint density at radius 3 is 2.62 bits per heavy atom. The Labute approximate surface area is 95.4 Å². The number of hydrogen-bond donors (Lipinski definition) is 1. The molecule has 0 saturated carbocycles. The van der Waals surface area contributed by atoms with Crippen molar-refractivity contribution in [2.24, 2.45) is 5.73 Å². The van der Waals surface area contributed by atoms with Gasteiger partial charge in [-0.3, -0.25) is 0 Å². The molecule has 3 nitrogen and oxygen atoms in total. The number of thiophene rings is 1. The Bertz CT molecular complexity index is 385. The smallest absolute Gasteiger partial charge is 0.149 e. The predicted octanol–water partition coefficient (Wildman–Crippen LogP) is 1.40. The molecule has 1 rings (SSSR count). The molecule has 13 heavy (non-hydrogen) atoms. The van der Waals surface area contributed by atoms with Gasteiger partial charge in [-0.05, 0) is 34.7 Å². The second kappa shape index (κ2) is 4.24. The van der Waals surface area contributed by atoms with Gasteiger partial charge >= 0.3 is 0 Å². The van der Waals surface area contributed by atoms with Crippen LogP contribution in [0.2, 0.25) is 0 Å². The molecule has 0 fully saturated rings. The van der Waals surface area contributed by atoms with E-state index < -0.39 is 9.84 Å². The molecule has 6 heteroatoms. The van der Waals surface area contributed by atoms with Crippen LogP contribution in [0.15, 0.2) is 12.1 Å². The van der Waals surface area contributed by atoms with Gasteiger partial charge in [-0.15, -0.1) is 11.3 Å². The van der Waals surface area contributed by atoms with Crippen molar-refractivity contribution in [1.82, 2.24) is 0 Å². The first-order valence-electron chi connectivity index (χ1n) is 3.57. The summed E-state index contributed by atoms with van der Waals surface area (Å²) in [5.41, 5.74) is 5.72. The van der Waals surface area contributed by atoms with Gasteiger partial charge in [0.25, 0.3) is 0 Å². The Hall–Kier alpha value is 0.340. The van der Waals surface area contributed by atoms with Gasteiger partial charge in [0, 0.05) is 11.1 Å². The summed E-state index contributed by atoms with van der Waals surface area (Å²) < 4.78 is 23.0. The number of nitrogens with two attached hydrogens (primary N) is 1. The Morgan fingerprint density at radius 1 is 1.62 bits per heavy atom. The standard InChI is InChI=1S/C7H10INO2S2/c1-13(10,11)4-5(9)6-2-3-7(8)12-6/h2-3,5H,4,9H2,1H3. The summed E-state index contributed by atoms with van der Waals surface area (Å²) in [7, 11) is -2.98. The van der Waals surface area contributed by atoms with Gasteiger partial charge in [0.15, 0.2) is 0 Å². The number of sulfone groups is 1. The van der Waals surface area contributed by atoms with Gasteiger partial charge in [-0.1, -0.05) is 0 Å². The fraction of sp³-hybridized carbons (Fsp3) is 0.429. The highest BCUT2D eigenvalue weighted by Crippen LogP contribution is 2.23. The second-order valence-corrected chi connectivity index (χ2v) is 8.04. The summed E-state index contributed by atoms with van der Waals surface area (Å²) in [6, 6.07) is 3.42. The molecule has 0 aliphatic rings. The molecule has 0 aliphatic carbocycles. The SMILES string of the molecule is CS(=O)(=O)CC(N)c1ccc(I)s1. The zero-order chi connectivity index (χ0) is 10.1. The molecule has 0 bridgehead atoms. The summed E-state index contributed by atoms with van der Waals surface area (Å²) in [6.07, 6.45) is 1.20. The number of rotatable bonds is 3. The Balaban J connectivity index is 2.75. The topological polar surface area (TPSA) is 60.2 Å². The van der Waals surface area contributed by atoms with Gasteiger partial charge in [-0.25, -0.2) is 8.42 Å². The van der Waals surface area contributed by atoms with E-state index in [-0.39, 0.29) is 11.8 Å². The van der Waals surface area contributed by atoms with E-state index >= 15 is 0 Å². The van der Waals surface area contributed by atoms with E-state index in [9.17, 15) is 8.42 Å². The van der Waals surface area contributed by atoms with Crippen molar-refractivity contribution >= 4 is 43.8 Å². The first kappa shape index (κ1) is 11.4. The largest absolute Gasteiger partial charge is 0.322 e. The normalized spacial score (nSPS) is 14.4. The Kier molecular flexibility index (Phi) is 3.73. The molecule has 0 radical (unpaired) electrons. The molecule has 0 amide bonds. The molecule has 1 atom stereocenters. The van der Waals surface area contributed by atoms with Crippen molar-refractivity contribution in [2.75, 3.05) is 12.0 Å². The van der Waals surface area contributed by atoms with Crippen LogP contribution in [0.5, 0.6) is 0 Å². The van der Waals surface area contributed by atoms with E-state index in [1.807, 2.05) is 12.1 Å². The minimum atomic E-state index is -2.98. The lowest BCUT2D eigenvalue weighted by Crippen LogP contribution is -2.19. The molecule has 1 unspecified atom stereocenters. The third kappa shape index (κ3) is 3.92. The summed E-state index contributed by atoms with van der Waals surface area (Å²) in [6.45, 7) is 0. The molecular formula is C7H10INO2S2. The molecule has 0 spiro atoms. The fourth-order valence-corrected chi connectivity index (χ4v) is 3.55. The maximum absolute atomic E-state index is 10.9. The number of hydrogen-bond acceptors (Lipinski definition) is 4. The lowest BCUT2D eigenvalue weighted by Gasteiger charge is -2.06. The van der Waals surface area contributed by atoms with Crippen LogP contribution in [0.1, 0.15) is 10.9 Å². The van der Waals surface area contributed by atoms with Gasteiger partial charge in [0.1, 0.15) is 9.84 Å². The van der Waals surface area contributed by atoms with Crippen LogP contribution in [0.4, 0.5) is 0 Å². The van der Waals surface area contributed by atoms with Crippen molar-refractivity contribution in [2.45, 2.75) is 6.04 Å². The molecule has 74 valence electrons. The Morgan fingerprint density at radius 2 is 2.23 bits per heavy atom. The summed E-state index contributed by atoms with van der Waals surface area (Å²) >= 11 is 3.72. The third-order valence-electron chi connectivity index (χ3n) is 1.44. The van der Waals surface area contributed by atoms with E-state index in [4.69, 9.17) is 5.73 Å². The van der Waals surface area contributed by atoms with Gasteiger partial charge < -0.3 is 5.73 Å². The molecule has 0 saturated heterocycles. The lowest BCUT2D eigenvalue weighted by atomic mass is 10.3. The van der Waals surface area contributed by atoms with Crippen LogP contribution in [0.25, 0.3) is 0 Å². The van der Waals surface area contributed by atoms with Crippen molar-refractivity contribution in [1.29, 1.82) is 0 Å². The van der Waals surface area contributed by atoms with Crippen molar-refractivity contribution in [3.8, 4) is 0 Å². The van der Waals surface area contributed by atoms with Gasteiger partial charge in [0.2, 0.25) is 0 Å². The molecule has 0 aliphatic heterocycles. The first-order valence-corrected chi connectivity index (χ1v) is 7.52.